The van der Waals surface area contributed by atoms with Gasteiger partial charge in [0.1, 0.15) is 0 Å². The van der Waals surface area contributed by atoms with Gasteiger partial charge in [-0.15, -0.1) is 6.42 Å². The lowest BCUT2D eigenvalue weighted by Crippen LogP contribution is -2.44. The molecule has 0 spiro atoms. The molecule has 2 atom stereocenters. The number of hydrogen-bond donors (Lipinski definition) is 1. The fraction of sp³-hybridized carbons (Fsp3) is 0.700. The number of hydrogen-bond acceptors (Lipinski definition) is 2. The minimum absolute atomic E-state index is 0.147. The van der Waals surface area contributed by atoms with Crippen LogP contribution in [0.5, 0.6) is 0 Å². The Hall–Kier alpha value is -1.01. The molecule has 1 rings (SSSR count). The average Bonchev–Trinajstić information content (AvgIpc) is 2.17. The van der Waals surface area contributed by atoms with Crippen LogP contribution in [0.3, 0.4) is 0 Å². The SMILES string of the molecule is C#CC(=O)N1CCCC(C(C)N)C1. The topological polar surface area (TPSA) is 46.3 Å². The molecule has 72 valence electrons. The van der Waals surface area contributed by atoms with Gasteiger partial charge in [-0.2, -0.15) is 0 Å². The van der Waals surface area contributed by atoms with E-state index in [9.17, 15) is 4.79 Å². The van der Waals surface area contributed by atoms with Gasteiger partial charge in [0.15, 0.2) is 0 Å². The Morgan fingerprint density at radius 1 is 1.77 bits per heavy atom. The Kier molecular flexibility index (Phi) is 3.32. The molecule has 0 saturated carbocycles. The van der Waals surface area contributed by atoms with Crippen molar-refractivity contribution in [3.05, 3.63) is 0 Å². The number of amides is 1. The summed E-state index contributed by atoms with van der Waals surface area (Å²) in [5, 5.41) is 0. The number of carbonyl (C=O) groups is 1. The van der Waals surface area contributed by atoms with Gasteiger partial charge in [0.05, 0.1) is 0 Å². The van der Waals surface area contributed by atoms with Crippen LogP contribution in [0.2, 0.25) is 0 Å². The first-order valence-corrected chi connectivity index (χ1v) is 4.66. The lowest BCUT2D eigenvalue weighted by atomic mass is 9.92. The Morgan fingerprint density at radius 2 is 2.46 bits per heavy atom. The molecule has 1 heterocycles. The summed E-state index contributed by atoms with van der Waals surface area (Å²) in [6.45, 7) is 3.49. The highest BCUT2D eigenvalue weighted by molar-refractivity contribution is 5.92. The zero-order valence-corrected chi connectivity index (χ0v) is 7.99. The molecule has 1 amide bonds. The summed E-state index contributed by atoms with van der Waals surface area (Å²) >= 11 is 0. The van der Waals surface area contributed by atoms with Gasteiger partial charge in [0.2, 0.25) is 0 Å². The van der Waals surface area contributed by atoms with E-state index in [1.54, 1.807) is 4.90 Å². The number of nitrogens with two attached hydrogens (primary N) is 1. The standard InChI is InChI=1S/C10H16N2O/c1-3-10(13)12-6-4-5-9(7-12)8(2)11/h1,8-9H,4-7,11H2,2H3. The molecule has 3 heteroatoms. The number of piperidine rings is 1. The summed E-state index contributed by atoms with van der Waals surface area (Å²) in [7, 11) is 0. The first kappa shape index (κ1) is 10.1. The predicted octanol–water partition coefficient (Wildman–Crippen LogP) is 0.205. The molecule has 1 aliphatic rings. The van der Waals surface area contributed by atoms with Gasteiger partial charge in [0, 0.05) is 19.1 Å². The molecular weight excluding hydrogens is 164 g/mol. The van der Waals surface area contributed by atoms with Gasteiger partial charge in [0.25, 0.3) is 5.91 Å². The maximum absolute atomic E-state index is 11.2. The molecule has 1 saturated heterocycles. The summed E-state index contributed by atoms with van der Waals surface area (Å²) in [5.41, 5.74) is 5.78. The number of likely N-dealkylation sites (tertiary alicyclic amines) is 1. The maximum atomic E-state index is 11.2. The van der Waals surface area contributed by atoms with E-state index in [0.717, 1.165) is 25.9 Å². The van der Waals surface area contributed by atoms with Crippen molar-refractivity contribution < 1.29 is 4.79 Å². The predicted molar refractivity (Wildman–Crippen MR) is 51.8 cm³/mol. The molecule has 1 fully saturated rings. The van der Waals surface area contributed by atoms with Crippen LogP contribution in [0.4, 0.5) is 0 Å². The molecule has 0 aromatic rings. The number of nitrogens with zero attached hydrogens (tertiary/aromatic N) is 1. The van der Waals surface area contributed by atoms with Gasteiger partial charge in [-0.05, 0) is 31.6 Å². The molecule has 0 aromatic carbocycles. The third kappa shape index (κ3) is 2.46. The summed E-state index contributed by atoms with van der Waals surface area (Å²) < 4.78 is 0. The fourth-order valence-corrected chi connectivity index (χ4v) is 1.71. The highest BCUT2D eigenvalue weighted by atomic mass is 16.2. The van der Waals surface area contributed by atoms with Crippen molar-refractivity contribution in [2.75, 3.05) is 13.1 Å². The summed E-state index contributed by atoms with van der Waals surface area (Å²) in [6.07, 6.45) is 7.17. The third-order valence-corrected chi connectivity index (χ3v) is 2.61. The Balaban J connectivity index is 2.52. The lowest BCUT2D eigenvalue weighted by molar-refractivity contribution is -0.126. The molecule has 0 bridgehead atoms. The minimum atomic E-state index is -0.203. The second kappa shape index (κ2) is 4.29. The van der Waals surface area contributed by atoms with Crippen molar-refractivity contribution in [2.24, 2.45) is 11.7 Å². The monoisotopic (exact) mass is 180 g/mol. The van der Waals surface area contributed by atoms with E-state index in [1.165, 1.54) is 0 Å². The van der Waals surface area contributed by atoms with Crippen molar-refractivity contribution in [3.63, 3.8) is 0 Å². The molecule has 0 radical (unpaired) electrons. The van der Waals surface area contributed by atoms with Crippen LogP contribution in [0.25, 0.3) is 0 Å². The van der Waals surface area contributed by atoms with E-state index >= 15 is 0 Å². The van der Waals surface area contributed by atoms with Gasteiger partial charge >= 0.3 is 0 Å². The second-order valence-corrected chi connectivity index (χ2v) is 3.66. The van der Waals surface area contributed by atoms with Crippen LogP contribution in [0, 0.1) is 18.3 Å². The first-order valence-electron chi connectivity index (χ1n) is 4.66. The van der Waals surface area contributed by atoms with Crippen LogP contribution in [0.15, 0.2) is 0 Å². The van der Waals surface area contributed by atoms with Crippen molar-refractivity contribution in [1.82, 2.24) is 4.90 Å². The lowest BCUT2D eigenvalue weighted by Gasteiger charge is -2.33. The average molecular weight is 180 g/mol. The zero-order chi connectivity index (χ0) is 9.84. The van der Waals surface area contributed by atoms with Crippen molar-refractivity contribution in [3.8, 4) is 12.3 Å². The first-order chi connectivity index (χ1) is 6.15. The van der Waals surface area contributed by atoms with Crippen LogP contribution < -0.4 is 5.73 Å². The van der Waals surface area contributed by atoms with Crippen molar-refractivity contribution >= 4 is 5.91 Å². The third-order valence-electron chi connectivity index (χ3n) is 2.61. The normalized spacial score (nSPS) is 25.0. The van der Waals surface area contributed by atoms with E-state index in [-0.39, 0.29) is 11.9 Å². The molecule has 1 aliphatic heterocycles. The highest BCUT2D eigenvalue weighted by Crippen LogP contribution is 2.18. The molecule has 2 unspecified atom stereocenters. The Bertz CT molecular complexity index is 230. The minimum Gasteiger partial charge on any atom is -0.332 e. The molecule has 2 N–H and O–H groups in total. The Labute approximate surface area is 79.3 Å². The van der Waals surface area contributed by atoms with E-state index in [1.807, 2.05) is 6.92 Å². The van der Waals surface area contributed by atoms with Gasteiger partial charge in [-0.1, -0.05) is 0 Å². The van der Waals surface area contributed by atoms with Crippen LogP contribution in [-0.2, 0) is 4.79 Å². The summed E-state index contributed by atoms with van der Waals surface area (Å²) in [5.74, 6) is 2.35. The fourth-order valence-electron chi connectivity index (χ4n) is 1.71. The smallest absolute Gasteiger partial charge is 0.298 e. The molecule has 0 aliphatic carbocycles. The molecular formula is C10H16N2O. The highest BCUT2D eigenvalue weighted by Gasteiger charge is 2.24. The maximum Gasteiger partial charge on any atom is 0.298 e. The van der Waals surface area contributed by atoms with Gasteiger partial charge in [-0.25, -0.2) is 0 Å². The van der Waals surface area contributed by atoms with Gasteiger partial charge < -0.3 is 10.6 Å². The summed E-state index contributed by atoms with van der Waals surface area (Å²) in [4.78, 5) is 12.9. The number of terminal acetylenes is 1. The second-order valence-electron chi connectivity index (χ2n) is 3.66. The van der Waals surface area contributed by atoms with Crippen molar-refractivity contribution in [2.45, 2.75) is 25.8 Å². The molecule has 0 aromatic heterocycles. The van der Waals surface area contributed by atoms with Crippen LogP contribution in [-0.4, -0.2) is 29.9 Å². The van der Waals surface area contributed by atoms with Crippen LogP contribution >= 0.6 is 0 Å². The largest absolute Gasteiger partial charge is 0.332 e. The van der Waals surface area contributed by atoms with E-state index in [4.69, 9.17) is 12.2 Å². The van der Waals surface area contributed by atoms with Crippen LogP contribution in [0.1, 0.15) is 19.8 Å². The molecule has 3 nitrogen and oxygen atoms in total. The van der Waals surface area contributed by atoms with Crippen molar-refractivity contribution in [1.29, 1.82) is 0 Å². The molecule has 13 heavy (non-hydrogen) atoms. The summed E-state index contributed by atoms with van der Waals surface area (Å²) in [6, 6.07) is 0.147. The van der Waals surface area contributed by atoms with E-state index in [0.29, 0.717) is 5.92 Å². The van der Waals surface area contributed by atoms with E-state index < -0.39 is 0 Å². The zero-order valence-electron chi connectivity index (χ0n) is 7.99. The number of carbonyl (C=O) groups excluding carboxylic acids is 1. The number of rotatable bonds is 1. The van der Waals surface area contributed by atoms with Gasteiger partial charge in [-0.3, -0.25) is 4.79 Å². The van der Waals surface area contributed by atoms with E-state index in [2.05, 4.69) is 5.92 Å². The Morgan fingerprint density at radius 3 is 3.00 bits per heavy atom. The quantitative estimate of drug-likeness (QED) is 0.586.